The third kappa shape index (κ3) is 4.35. The standard InChI is InChI=1S/C21H18BrFN2O/c1-13-9-16(7-8-24-13)15-3-5-20(6-4-15)25-21(26)14(2)17-10-18(22)12-19(23)11-17/h3-12,14H,1-2H3,(H,25,26). The highest BCUT2D eigenvalue weighted by molar-refractivity contribution is 9.10. The van der Waals surface area contributed by atoms with Gasteiger partial charge in [0.15, 0.2) is 0 Å². The van der Waals surface area contributed by atoms with Crippen molar-refractivity contribution in [2.45, 2.75) is 19.8 Å². The summed E-state index contributed by atoms with van der Waals surface area (Å²) in [4.78, 5) is 16.7. The van der Waals surface area contributed by atoms with Gasteiger partial charge in [0, 0.05) is 22.1 Å². The van der Waals surface area contributed by atoms with Crippen LogP contribution in [0.3, 0.4) is 0 Å². The van der Waals surface area contributed by atoms with Gasteiger partial charge in [0.25, 0.3) is 0 Å². The summed E-state index contributed by atoms with van der Waals surface area (Å²) in [6.07, 6.45) is 1.78. The largest absolute Gasteiger partial charge is 0.326 e. The first kappa shape index (κ1) is 18.3. The molecule has 3 rings (SSSR count). The molecule has 26 heavy (non-hydrogen) atoms. The summed E-state index contributed by atoms with van der Waals surface area (Å²) in [5.74, 6) is -1.02. The van der Waals surface area contributed by atoms with Gasteiger partial charge in [-0.1, -0.05) is 28.1 Å². The number of halogens is 2. The number of amides is 1. The predicted octanol–water partition coefficient (Wildman–Crippen LogP) is 5.70. The smallest absolute Gasteiger partial charge is 0.231 e. The van der Waals surface area contributed by atoms with E-state index >= 15 is 0 Å². The van der Waals surface area contributed by atoms with E-state index in [1.807, 2.05) is 43.3 Å². The molecule has 3 nitrogen and oxygen atoms in total. The average Bonchev–Trinajstić information content (AvgIpc) is 2.61. The Hall–Kier alpha value is -2.53. The van der Waals surface area contributed by atoms with Crippen LogP contribution in [0.1, 0.15) is 24.1 Å². The van der Waals surface area contributed by atoms with Crippen LogP contribution >= 0.6 is 15.9 Å². The summed E-state index contributed by atoms with van der Waals surface area (Å²) in [5, 5.41) is 2.88. The lowest BCUT2D eigenvalue weighted by Crippen LogP contribution is -2.19. The van der Waals surface area contributed by atoms with E-state index in [0.717, 1.165) is 16.8 Å². The Morgan fingerprint density at radius 2 is 1.81 bits per heavy atom. The lowest BCUT2D eigenvalue weighted by molar-refractivity contribution is -0.117. The lowest BCUT2D eigenvalue weighted by Gasteiger charge is -2.13. The van der Waals surface area contributed by atoms with Crippen molar-refractivity contribution < 1.29 is 9.18 Å². The van der Waals surface area contributed by atoms with Gasteiger partial charge in [-0.05, 0) is 73.0 Å². The van der Waals surface area contributed by atoms with Crippen molar-refractivity contribution in [1.29, 1.82) is 0 Å². The summed E-state index contributed by atoms with van der Waals surface area (Å²) in [6, 6.07) is 16.1. The van der Waals surface area contributed by atoms with Crippen LogP contribution in [-0.4, -0.2) is 10.9 Å². The monoisotopic (exact) mass is 412 g/mol. The molecule has 0 aliphatic carbocycles. The third-order valence-corrected chi connectivity index (χ3v) is 4.62. The molecule has 2 aromatic carbocycles. The van der Waals surface area contributed by atoms with Gasteiger partial charge in [0.05, 0.1) is 5.92 Å². The van der Waals surface area contributed by atoms with Crippen LogP contribution in [0.25, 0.3) is 11.1 Å². The molecule has 1 atom stereocenters. The van der Waals surface area contributed by atoms with Crippen LogP contribution in [0.15, 0.2) is 65.3 Å². The number of nitrogens with zero attached hydrogens (tertiary/aromatic N) is 1. The number of hydrogen-bond acceptors (Lipinski definition) is 2. The van der Waals surface area contributed by atoms with E-state index in [9.17, 15) is 9.18 Å². The van der Waals surface area contributed by atoms with Crippen LogP contribution in [0, 0.1) is 12.7 Å². The molecule has 0 aliphatic rings. The molecule has 0 radical (unpaired) electrons. The van der Waals surface area contributed by atoms with Crippen molar-refractivity contribution in [2.24, 2.45) is 0 Å². The summed E-state index contributed by atoms with van der Waals surface area (Å²) in [5.41, 5.74) is 4.41. The molecule has 1 unspecified atom stereocenters. The minimum atomic E-state index is -0.468. The zero-order valence-corrected chi connectivity index (χ0v) is 16.0. The highest BCUT2D eigenvalue weighted by Crippen LogP contribution is 2.25. The molecule has 5 heteroatoms. The van der Waals surface area contributed by atoms with Crippen molar-refractivity contribution in [1.82, 2.24) is 4.98 Å². The van der Waals surface area contributed by atoms with Crippen LogP contribution < -0.4 is 5.32 Å². The first-order valence-corrected chi connectivity index (χ1v) is 9.01. The zero-order chi connectivity index (χ0) is 18.7. The van der Waals surface area contributed by atoms with E-state index in [0.29, 0.717) is 15.7 Å². The van der Waals surface area contributed by atoms with Gasteiger partial charge in [-0.2, -0.15) is 0 Å². The number of carbonyl (C=O) groups excluding carboxylic acids is 1. The summed E-state index contributed by atoms with van der Waals surface area (Å²) >= 11 is 3.26. The van der Waals surface area contributed by atoms with Crippen LogP contribution in [0.5, 0.6) is 0 Å². The molecule has 1 amide bonds. The van der Waals surface area contributed by atoms with Gasteiger partial charge < -0.3 is 5.32 Å². The summed E-state index contributed by atoms with van der Waals surface area (Å²) < 4.78 is 14.2. The maximum Gasteiger partial charge on any atom is 0.231 e. The molecule has 0 bridgehead atoms. The number of hydrogen-bond donors (Lipinski definition) is 1. The molecule has 0 aliphatic heterocycles. The van der Waals surface area contributed by atoms with Gasteiger partial charge in [0.2, 0.25) is 5.91 Å². The molecule has 1 aromatic heterocycles. The first-order chi connectivity index (χ1) is 12.4. The molecule has 3 aromatic rings. The van der Waals surface area contributed by atoms with Crippen molar-refractivity contribution in [3.8, 4) is 11.1 Å². The SMILES string of the molecule is Cc1cc(-c2ccc(NC(=O)C(C)c3cc(F)cc(Br)c3)cc2)ccn1. The molecule has 132 valence electrons. The maximum atomic E-state index is 13.5. The number of nitrogens with one attached hydrogen (secondary N) is 1. The summed E-state index contributed by atoms with van der Waals surface area (Å²) in [7, 11) is 0. The first-order valence-electron chi connectivity index (χ1n) is 8.22. The van der Waals surface area contributed by atoms with Gasteiger partial charge in [-0.25, -0.2) is 4.39 Å². The Kier molecular flexibility index (Phi) is 5.47. The second-order valence-electron chi connectivity index (χ2n) is 6.18. The Morgan fingerprint density at radius 1 is 1.08 bits per heavy atom. The van der Waals surface area contributed by atoms with Gasteiger partial charge in [-0.15, -0.1) is 0 Å². The van der Waals surface area contributed by atoms with Crippen LogP contribution in [0.2, 0.25) is 0 Å². The molecule has 0 saturated carbocycles. The molecular formula is C21H18BrFN2O. The molecule has 0 spiro atoms. The number of aromatic nitrogens is 1. The van der Waals surface area contributed by atoms with Crippen LogP contribution in [-0.2, 0) is 4.79 Å². The van der Waals surface area contributed by atoms with Crippen molar-refractivity contribution >= 4 is 27.5 Å². The van der Waals surface area contributed by atoms with E-state index in [1.54, 1.807) is 19.2 Å². The third-order valence-electron chi connectivity index (χ3n) is 4.16. The number of carbonyl (C=O) groups is 1. The number of benzene rings is 2. The van der Waals surface area contributed by atoms with Crippen molar-refractivity contribution in [3.05, 3.63) is 82.3 Å². The average molecular weight is 413 g/mol. The Labute approximate surface area is 160 Å². The van der Waals surface area contributed by atoms with E-state index in [4.69, 9.17) is 0 Å². The summed E-state index contributed by atoms with van der Waals surface area (Å²) in [6.45, 7) is 3.70. The molecule has 1 N–H and O–H groups in total. The van der Waals surface area contributed by atoms with Crippen LogP contribution in [0.4, 0.5) is 10.1 Å². The van der Waals surface area contributed by atoms with Gasteiger partial charge in [0.1, 0.15) is 5.82 Å². The highest BCUT2D eigenvalue weighted by atomic mass is 79.9. The zero-order valence-electron chi connectivity index (χ0n) is 14.5. The van der Waals surface area contributed by atoms with E-state index in [2.05, 4.69) is 26.2 Å². The maximum absolute atomic E-state index is 13.5. The fourth-order valence-corrected chi connectivity index (χ4v) is 3.18. The number of pyridine rings is 1. The number of rotatable bonds is 4. The van der Waals surface area contributed by atoms with E-state index in [1.165, 1.54) is 12.1 Å². The Morgan fingerprint density at radius 3 is 2.46 bits per heavy atom. The van der Waals surface area contributed by atoms with Crippen molar-refractivity contribution in [3.63, 3.8) is 0 Å². The molecule has 0 fully saturated rings. The van der Waals surface area contributed by atoms with Gasteiger partial charge >= 0.3 is 0 Å². The van der Waals surface area contributed by atoms with E-state index in [-0.39, 0.29) is 11.7 Å². The van der Waals surface area contributed by atoms with E-state index < -0.39 is 5.92 Å². The topological polar surface area (TPSA) is 42.0 Å². The second kappa shape index (κ2) is 7.79. The minimum absolute atomic E-state index is 0.185. The fraction of sp³-hybridized carbons (Fsp3) is 0.143. The predicted molar refractivity (Wildman–Crippen MR) is 106 cm³/mol. The molecular weight excluding hydrogens is 395 g/mol. The number of aryl methyl sites for hydroxylation is 1. The highest BCUT2D eigenvalue weighted by Gasteiger charge is 2.17. The quantitative estimate of drug-likeness (QED) is 0.596. The normalized spacial score (nSPS) is 11.8. The lowest BCUT2D eigenvalue weighted by atomic mass is 10.00. The molecule has 0 saturated heterocycles. The second-order valence-corrected chi connectivity index (χ2v) is 7.09. The Balaban J connectivity index is 1.73. The number of anilines is 1. The minimum Gasteiger partial charge on any atom is -0.326 e. The van der Waals surface area contributed by atoms with Gasteiger partial charge in [-0.3, -0.25) is 9.78 Å². The van der Waals surface area contributed by atoms with Crippen molar-refractivity contribution in [2.75, 3.05) is 5.32 Å². The fourth-order valence-electron chi connectivity index (χ4n) is 2.70. The molecule has 1 heterocycles. The Bertz CT molecular complexity index is 921.